The molecule has 0 aliphatic heterocycles. The summed E-state index contributed by atoms with van der Waals surface area (Å²) in [5, 5.41) is 8.18. The van der Waals surface area contributed by atoms with Gasteiger partial charge in [-0.2, -0.15) is 0 Å². The molecule has 2 amide bonds. The van der Waals surface area contributed by atoms with Crippen molar-refractivity contribution in [1.82, 2.24) is 5.32 Å². The fraction of sp³-hybridized carbons (Fsp3) is 0.412. The van der Waals surface area contributed by atoms with E-state index in [4.69, 9.17) is 21.7 Å². The number of esters is 1. The summed E-state index contributed by atoms with van der Waals surface area (Å²) in [6.45, 7) is 2.24. The molecule has 0 aliphatic carbocycles. The molecular weight excluding hydrogens is 358 g/mol. The molecule has 0 bridgehead atoms. The molecule has 0 saturated carbocycles. The van der Waals surface area contributed by atoms with E-state index in [-0.39, 0.29) is 30.5 Å². The van der Waals surface area contributed by atoms with Crippen LogP contribution in [0.3, 0.4) is 0 Å². The van der Waals surface area contributed by atoms with Gasteiger partial charge in [-0.1, -0.05) is 6.92 Å². The predicted octanol–water partition coefficient (Wildman–Crippen LogP) is 1.82. The Morgan fingerprint density at radius 2 is 1.58 bits per heavy atom. The lowest BCUT2D eigenvalue weighted by Crippen LogP contribution is -2.34. The lowest BCUT2D eigenvalue weighted by Gasteiger charge is -2.10. The fourth-order valence-corrected chi connectivity index (χ4v) is 2.00. The summed E-state index contributed by atoms with van der Waals surface area (Å²) in [6, 6.07) is 6.88. The van der Waals surface area contributed by atoms with Gasteiger partial charge < -0.3 is 25.4 Å². The minimum Gasteiger partial charge on any atom is -0.463 e. The molecule has 8 nitrogen and oxygen atoms in total. The molecule has 3 N–H and O–H groups in total. The molecule has 0 heterocycles. The summed E-state index contributed by atoms with van der Waals surface area (Å²) in [5.74, 6) is -0.937. The number of thiocarbonyl (C=S) groups is 1. The highest BCUT2D eigenvalue weighted by Crippen LogP contribution is 2.13. The van der Waals surface area contributed by atoms with Crippen LogP contribution in [-0.2, 0) is 23.9 Å². The minimum atomic E-state index is -0.471. The largest absolute Gasteiger partial charge is 0.463 e. The maximum atomic E-state index is 11.8. The van der Waals surface area contributed by atoms with E-state index in [0.29, 0.717) is 24.4 Å². The molecule has 142 valence electrons. The van der Waals surface area contributed by atoms with Gasteiger partial charge in [-0.25, -0.2) is 0 Å². The SMILES string of the molecule is CCC(=O)Nc1ccc(NC(=S)NC(=O)CCC(=O)OCCOC)cc1. The monoisotopic (exact) mass is 381 g/mol. The number of amides is 2. The first-order chi connectivity index (χ1) is 12.4. The zero-order chi connectivity index (χ0) is 19.4. The Bertz CT molecular complexity index is 634. The van der Waals surface area contributed by atoms with Gasteiger partial charge in [-0.3, -0.25) is 14.4 Å². The van der Waals surface area contributed by atoms with Crippen molar-refractivity contribution in [2.24, 2.45) is 0 Å². The molecule has 0 atom stereocenters. The van der Waals surface area contributed by atoms with E-state index >= 15 is 0 Å². The van der Waals surface area contributed by atoms with Crippen molar-refractivity contribution in [3.8, 4) is 0 Å². The van der Waals surface area contributed by atoms with Crippen molar-refractivity contribution in [2.75, 3.05) is 31.0 Å². The van der Waals surface area contributed by atoms with Crippen LogP contribution in [0.25, 0.3) is 0 Å². The minimum absolute atomic E-state index is 0.0321. The van der Waals surface area contributed by atoms with Crippen molar-refractivity contribution in [1.29, 1.82) is 0 Å². The van der Waals surface area contributed by atoms with Gasteiger partial charge in [0.05, 0.1) is 13.0 Å². The third kappa shape index (κ3) is 9.09. The van der Waals surface area contributed by atoms with Gasteiger partial charge in [-0.15, -0.1) is 0 Å². The third-order valence-electron chi connectivity index (χ3n) is 3.11. The number of nitrogens with one attached hydrogen (secondary N) is 3. The van der Waals surface area contributed by atoms with Crippen molar-refractivity contribution >= 4 is 46.5 Å². The zero-order valence-electron chi connectivity index (χ0n) is 14.8. The average Bonchev–Trinajstić information content (AvgIpc) is 2.61. The lowest BCUT2D eigenvalue weighted by molar-refractivity contribution is -0.146. The van der Waals surface area contributed by atoms with E-state index in [1.165, 1.54) is 7.11 Å². The van der Waals surface area contributed by atoms with Crippen LogP contribution in [0.2, 0.25) is 0 Å². The van der Waals surface area contributed by atoms with E-state index in [0.717, 1.165) is 0 Å². The molecular formula is C17H23N3O5S. The smallest absolute Gasteiger partial charge is 0.306 e. The van der Waals surface area contributed by atoms with Crippen LogP contribution in [-0.4, -0.2) is 43.2 Å². The first kappa shape index (κ1) is 21.5. The summed E-state index contributed by atoms with van der Waals surface area (Å²) < 4.78 is 9.61. The van der Waals surface area contributed by atoms with E-state index in [9.17, 15) is 14.4 Å². The molecule has 0 unspecified atom stereocenters. The topological polar surface area (TPSA) is 106 Å². The van der Waals surface area contributed by atoms with Gasteiger partial charge in [0.1, 0.15) is 6.61 Å². The molecule has 0 aromatic heterocycles. The fourth-order valence-electron chi connectivity index (χ4n) is 1.76. The van der Waals surface area contributed by atoms with Crippen LogP contribution in [0.4, 0.5) is 11.4 Å². The molecule has 1 aromatic rings. The van der Waals surface area contributed by atoms with Gasteiger partial charge in [-0.05, 0) is 36.5 Å². The molecule has 0 radical (unpaired) electrons. The Balaban J connectivity index is 2.33. The number of benzene rings is 1. The number of rotatable bonds is 9. The Kier molecular flexibility index (Phi) is 9.88. The van der Waals surface area contributed by atoms with Gasteiger partial charge >= 0.3 is 5.97 Å². The summed E-state index contributed by atoms with van der Waals surface area (Å²) in [4.78, 5) is 34.5. The van der Waals surface area contributed by atoms with Crippen LogP contribution in [0, 0.1) is 0 Å². The summed E-state index contributed by atoms with van der Waals surface area (Å²) in [5.41, 5.74) is 1.33. The molecule has 0 aliphatic rings. The summed E-state index contributed by atoms with van der Waals surface area (Å²) in [6.07, 6.45) is 0.329. The van der Waals surface area contributed by atoms with Crippen molar-refractivity contribution in [3.05, 3.63) is 24.3 Å². The number of methoxy groups -OCH3 is 1. The summed E-state index contributed by atoms with van der Waals surface area (Å²) >= 11 is 5.05. The molecule has 26 heavy (non-hydrogen) atoms. The second-order valence-corrected chi connectivity index (χ2v) is 5.60. The highest BCUT2D eigenvalue weighted by atomic mass is 32.1. The first-order valence-corrected chi connectivity index (χ1v) is 8.50. The van der Waals surface area contributed by atoms with E-state index in [1.54, 1.807) is 31.2 Å². The van der Waals surface area contributed by atoms with Gasteiger partial charge in [0.15, 0.2) is 5.11 Å². The highest BCUT2D eigenvalue weighted by Gasteiger charge is 2.09. The van der Waals surface area contributed by atoms with E-state index < -0.39 is 11.9 Å². The Morgan fingerprint density at radius 1 is 0.962 bits per heavy atom. The van der Waals surface area contributed by atoms with Crippen LogP contribution in [0.1, 0.15) is 26.2 Å². The van der Waals surface area contributed by atoms with Crippen LogP contribution in [0.5, 0.6) is 0 Å². The second-order valence-electron chi connectivity index (χ2n) is 5.19. The average molecular weight is 381 g/mol. The summed E-state index contributed by atoms with van der Waals surface area (Å²) in [7, 11) is 1.50. The molecule has 1 aromatic carbocycles. The number of hydrogen-bond acceptors (Lipinski definition) is 6. The van der Waals surface area contributed by atoms with Gasteiger partial charge in [0.25, 0.3) is 0 Å². The number of hydrogen-bond donors (Lipinski definition) is 3. The number of anilines is 2. The van der Waals surface area contributed by atoms with Crippen LogP contribution in [0.15, 0.2) is 24.3 Å². The first-order valence-electron chi connectivity index (χ1n) is 8.10. The Hall–Kier alpha value is -2.52. The quantitative estimate of drug-likeness (QED) is 0.340. The van der Waals surface area contributed by atoms with E-state index in [2.05, 4.69) is 16.0 Å². The maximum Gasteiger partial charge on any atom is 0.306 e. The molecule has 0 spiro atoms. The standard InChI is InChI=1S/C17H23N3O5S/c1-3-14(21)18-12-4-6-13(7-5-12)19-17(26)20-15(22)8-9-16(23)25-11-10-24-2/h4-7H,3,8-11H2,1-2H3,(H,18,21)(H2,19,20,22,26). The van der Waals surface area contributed by atoms with Crippen molar-refractivity contribution in [3.63, 3.8) is 0 Å². The predicted molar refractivity (Wildman–Crippen MR) is 102 cm³/mol. The maximum absolute atomic E-state index is 11.8. The highest BCUT2D eigenvalue weighted by molar-refractivity contribution is 7.80. The van der Waals surface area contributed by atoms with Crippen LogP contribution < -0.4 is 16.0 Å². The van der Waals surface area contributed by atoms with Crippen LogP contribution >= 0.6 is 12.2 Å². The van der Waals surface area contributed by atoms with Gasteiger partial charge in [0, 0.05) is 31.3 Å². The Labute approximate surface area is 157 Å². The Morgan fingerprint density at radius 3 is 2.15 bits per heavy atom. The number of carbonyl (C=O) groups is 3. The normalized spacial score (nSPS) is 9.92. The second kappa shape index (κ2) is 11.9. The van der Waals surface area contributed by atoms with Crippen molar-refractivity contribution in [2.45, 2.75) is 26.2 Å². The van der Waals surface area contributed by atoms with E-state index in [1.807, 2.05) is 0 Å². The molecule has 1 rings (SSSR count). The zero-order valence-corrected chi connectivity index (χ0v) is 15.6. The number of carbonyl (C=O) groups excluding carboxylic acids is 3. The lowest BCUT2D eigenvalue weighted by atomic mass is 10.2. The third-order valence-corrected chi connectivity index (χ3v) is 3.31. The molecule has 9 heteroatoms. The van der Waals surface area contributed by atoms with Crippen molar-refractivity contribution < 1.29 is 23.9 Å². The van der Waals surface area contributed by atoms with Gasteiger partial charge in [0.2, 0.25) is 11.8 Å². The molecule has 0 saturated heterocycles. The molecule has 0 fully saturated rings. The number of ether oxygens (including phenoxy) is 2.